The van der Waals surface area contributed by atoms with Crippen molar-refractivity contribution in [3.63, 3.8) is 0 Å². The number of aromatic nitrogens is 2. The number of hydrogen-bond donors (Lipinski definition) is 1. The van der Waals surface area contributed by atoms with Crippen LogP contribution in [-0.2, 0) is 18.4 Å². The Kier molecular flexibility index (Phi) is 4.09. The van der Waals surface area contributed by atoms with Crippen molar-refractivity contribution >= 4 is 11.3 Å². The Morgan fingerprint density at radius 3 is 2.76 bits per heavy atom. The molecule has 2 aromatic heterocycles. The molecule has 3 rings (SSSR count). The lowest BCUT2D eigenvalue weighted by atomic mass is 9.91. The molecule has 0 radical (unpaired) electrons. The van der Waals surface area contributed by atoms with E-state index in [4.69, 9.17) is 4.98 Å². The van der Waals surface area contributed by atoms with Crippen molar-refractivity contribution in [1.29, 1.82) is 0 Å². The maximum atomic E-state index is 4.93. The first-order valence-corrected chi connectivity index (χ1v) is 8.45. The summed E-state index contributed by atoms with van der Waals surface area (Å²) in [5.74, 6) is 0. The summed E-state index contributed by atoms with van der Waals surface area (Å²) < 4.78 is 0. The van der Waals surface area contributed by atoms with Crippen molar-refractivity contribution < 1.29 is 0 Å². The summed E-state index contributed by atoms with van der Waals surface area (Å²) in [6, 6.07) is 4.85. The van der Waals surface area contributed by atoms with Gasteiger partial charge in [-0.1, -0.05) is 26.8 Å². The van der Waals surface area contributed by atoms with E-state index >= 15 is 0 Å². The van der Waals surface area contributed by atoms with E-state index < -0.39 is 0 Å². The maximum absolute atomic E-state index is 4.93. The quantitative estimate of drug-likeness (QED) is 0.915. The zero-order chi connectivity index (χ0) is 14.9. The average molecular weight is 301 g/mol. The summed E-state index contributed by atoms with van der Waals surface area (Å²) in [6.45, 7) is 7.70. The zero-order valence-electron chi connectivity index (χ0n) is 13.0. The first kappa shape index (κ1) is 14.7. The van der Waals surface area contributed by atoms with Crippen LogP contribution in [0.1, 0.15) is 54.8 Å². The van der Waals surface area contributed by atoms with Crippen LogP contribution in [0.3, 0.4) is 0 Å². The Morgan fingerprint density at radius 1 is 1.33 bits per heavy atom. The lowest BCUT2D eigenvalue weighted by Crippen LogP contribution is -2.20. The minimum absolute atomic E-state index is 0.101. The Bertz CT molecular complexity index is 594. The fourth-order valence-corrected chi connectivity index (χ4v) is 3.65. The minimum Gasteiger partial charge on any atom is -0.309 e. The van der Waals surface area contributed by atoms with Gasteiger partial charge in [0.15, 0.2) is 0 Å². The normalized spacial score (nSPS) is 15.4. The van der Waals surface area contributed by atoms with Crippen LogP contribution < -0.4 is 5.32 Å². The molecular formula is C17H23N3S. The van der Waals surface area contributed by atoms with Gasteiger partial charge in [-0.05, 0) is 24.5 Å². The molecule has 1 aliphatic carbocycles. The molecule has 2 heterocycles. The van der Waals surface area contributed by atoms with Crippen molar-refractivity contribution in [3.05, 3.63) is 45.7 Å². The molecule has 1 N–H and O–H groups in total. The predicted octanol–water partition coefficient (Wildman–Crippen LogP) is 3.68. The number of pyridine rings is 1. The summed E-state index contributed by atoms with van der Waals surface area (Å²) in [4.78, 5) is 10.5. The van der Waals surface area contributed by atoms with Gasteiger partial charge in [-0.25, -0.2) is 4.98 Å². The van der Waals surface area contributed by atoms with Crippen LogP contribution in [0.5, 0.6) is 0 Å². The molecule has 0 atom stereocenters. The molecule has 1 fully saturated rings. The van der Waals surface area contributed by atoms with Crippen LogP contribution >= 0.6 is 11.3 Å². The molecule has 0 aliphatic heterocycles. The van der Waals surface area contributed by atoms with Crippen LogP contribution in [0, 0.1) is 0 Å². The van der Waals surface area contributed by atoms with Gasteiger partial charge in [0, 0.05) is 41.7 Å². The third-order valence-electron chi connectivity index (χ3n) is 3.66. The van der Waals surface area contributed by atoms with Crippen molar-refractivity contribution in [3.8, 4) is 0 Å². The van der Waals surface area contributed by atoms with Crippen LogP contribution in [0.2, 0.25) is 0 Å². The van der Waals surface area contributed by atoms with E-state index in [0.29, 0.717) is 0 Å². The molecule has 0 unspecified atom stereocenters. The molecule has 0 saturated heterocycles. The fraction of sp³-hybridized carbons (Fsp3) is 0.529. The second-order valence-corrected chi connectivity index (χ2v) is 7.99. The topological polar surface area (TPSA) is 37.8 Å². The molecule has 21 heavy (non-hydrogen) atoms. The fourth-order valence-electron chi connectivity index (χ4n) is 2.38. The Balaban J connectivity index is 1.80. The van der Waals surface area contributed by atoms with Gasteiger partial charge in [0.25, 0.3) is 0 Å². The number of rotatable bonds is 5. The summed E-state index contributed by atoms with van der Waals surface area (Å²) in [5, 5.41) is 4.82. The number of nitrogens with one attached hydrogen (secondary N) is 1. The van der Waals surface area contributed by atoms with Gasteiger partial charge in [0.2, 0.25) is 0 Å². The monoisotopic (exact) mass is 301 g/mol. The van der Waals surface area contributed by atoms with E-state index in [9.17, 15) is 0 Å². The molecule has 0 aromatic carbocycles. The highest BCUT2D eigenvalue weighted by atomic mass is 32.1. The number of hydrogen-bond acceptors (Lipinski definition) is 4. The summed E-state index contributed by atoms with van der Waals surface area (Å²) >= 11 is 1.85. The van der Waals surface area contributed by atoms with Crippen molar-refractivity contribution in [2.24, 2.45) is 0 Å². The molecule has 1 saturated carbocycles. The maximum Gasteiger partial charge on any atom is 0.0976 e. The van der Waals surface area contributed by atoms with Crippen molar-refractivity contribution in [1.82, 2.24) is 15.3 Å². The zero-order valence-corrected chi connectivity index (χ0v) is 13.8. The average Bonchev–Trinajstić information content (AvgIpc) is 3.17. The first-order valence-electron chi connectivity index (χ1n) is 7.64. The second-order valence-electron chi connectivity index (χ2n) is 6.82. The second kappa shape index (κ2) is 5.85. The van der Waals surface area contributed by atoms with E-state index in [1.165, 1.54) is 34.0 Å². The Morgan fingerprint density at radius 2 is 2.14 bits per heavy atom. The summed E-state index contributed by atoms with van der Waals surface area (Å²) in [7, 11) is 0. The first-order chi connectivity index (χ1) is 10.0. The standard InChI is InChI=1S/C17H23N3S/c1-17(2,3)16-14(11-19-13-6-7-13)21-15(20-16)9-12-5-4-8-18-10-12/h4-5,8,10,13,19H,6-7,9,11H2,1-3H3. The lowest BCUT2D eigenvalue weighted by Gasteiger charge is -2.17. The van der Waals surface area contributed by atoms with E-state index in [1.54, 1.807) is 0 Å². The molecule has 112 valence electrons. The van der Waals surface area contributed by atoms with Gasteiger partial charge in [-0.3, -0.25) is 4.98 Å². The van der Waals surface area contributed by atoms with Gasteiger partial charge < -0.3 is 5.32 Å². The number of thiazole rings is 1. The van der Waals surface area contributed by atoms with Crippen LogP contribution in [0.25, 0.3) is 0 Å². The van der Waals surface area contributed by atoms with Crippen LogP contribution in [0.15, 0.2) is 24.5 Å². The highest BCUT2D eigenvalue weighted by Crippen LogP contribution is 2.31. The largest absolute Gasteiger partial charge is 0.309 e. The predicted molar refractivity (Wildman–Crippen MR) is 87.7 cm³/mol. The molecular weight excluding hydrogens is 278 g/mol. The van der Waals surface area contributed by atoms with Crippen molar-refractivity contribution in [2.45, 2.75) is 58.0 Å². The molecule has 0 bridgehead atoms. The third kappa shape index (κ3) is 3.89. The molecule has 2 aromatic rings. The highest BCUT2D eigenvalue weighted by molar-refractivity contribution is 7.11. The van der Waals surface area contributed by atoms with Gasteiger partial charge in [-0.2, -0.15) is 0 Å². The SMILES string of the molecule is CC(C)(C)c1nc(Cc2cccnc2)sc1CNC1CC1. The van der Waals surface area contributed by atoms with Crippen LogP contribution in [0.4, 0.5) is 0 Å². The van der Waals surface area contributed by atoms with E-state index in [0.717, 1.165) is 19.0 Å². The summed E-state index contributed by atoms with van der Waals surface area (Å²) in [6.07, 6.45) is 7.28. The van der Waals surface area contributed by atoms with E-state index in [2.05, 4.69) is 37.1 Å². The molecule has 4 heteroatoms. The third-order valence-corrected chi connectivity index (χ3v) is 4.71. The number of nitrogens with zero attached hydrogens (tertiary/aromatic N) is 2. The molecule has 0 spiro atoms. The van der Waals surface area contributed by atoms with Gasteiger partial charge >= 0.3 is 0 Å². The van der Waals surface area contributed by atoms with Crippen LogP contribution in [-0.4, -0.2) is 16.0 Å². The molecule has 0 amide bonds. The van der Waals surface area contributed by atoms with Crippen molar-refractivity contribution in [2.75, 3.05) is 0 Å². The van der Waals surface area contributed by atoms with E-state index in [-0.39, 0.29) is 5.41 Å². The smallest absolute Gasteiger partial charge is 0.0976 e. The molecule has 3 nitrogen and oxygen atoms in total. The minimum atomic E-state index is 0.101. The van der Waals surface area contributed by atoms with Gasteiger partial charge in [0.1, 0.15) is 0 Å². The Labute approximate surface area is 130 Å². The van der Waals surface area contributed by atoms with Gasteiger partial charge in [0.05, 0.1) is 10.7 Å². The highest BCUT2D eigenvalue weighted by Gasteiger charge is 2.25. The van der Waals surface area contributed by atoms with Gasteiger partial charge in [-0.15, -0.1) is 11.3 Å². The molecule has 1 aliphatic rings. The van der Waals surface area contributed by atoms with E-state index in [1.807, 2.05) is 29.8 Å². The lowest BCUT2D eigenvalue weighted by molar-refractivity contribution is 0.557. The summed E-state index contributed by atoms with van der Waals surface area (Å²) in [5.41, 5.74) is 2.58. The Hall–Kier alpha value is -1.26.